The highest BCUT2D eigenvalue weighted by molar-refractivity contribution is 5.34. The monoisotopic (exact) mass is 289 g/mol. The van der Waals surface area contributed by atoms with Crippen LogP contribution in [0.5, 0.6) is 0 Å². The highest BCUT2D eigenvalue weighted by atomic mass is 16.3. The van der Waals surface area contributed by atoms with Crippen molar-refractivity contribution in [3.8, 4) is 0 Å². The molecule has 118 valence electrons. The maximum absolute atomic E-state index is 11.1. The van der Waals surface area contributed by atoms with E-state index in [0.717, 1.165) is 19.3 Å². The Morgan fingerprint density at radius 2 is 1.90 bits per heavy atom. The number of rotatable bonds is 4. The van der Waals surface area contributed by atoms with Crippen LogP contribution in [0.3, 0.4) is 0 Å². The Bertz CT molecular complexity index is 462. The molecule has 1 fully saturated rings. The Labute approximate surface area is 130 Å². The summed E-state index contributed by atoms with van der Waals surface area (Å²) in [6.07, 6.45) is 5.20. The average molecular weight is 289 g/mol. The van der Waals surface area contributed by atoms with Crippen LogP contribution in [0.1, 0.15) is 49.3 Å². The lowest BCUT2D eigenvalue weighted by Crippen LogP contribution is -2.56. The minimum absolute atomic E-state index is 0.0631. The van der Waals surface area contributed by atoms with Crippen molar-refractivity contribution >= 4 is 0 Å². The highest BCUT2D eigenvalue weighted by Gasteiger charge is 2.43. The van der Waals surface area contributed by atoms with E-state index in [9.17, 15) is 5.11 Å². The van der Waals surface area contributed by atoms with Crippen molar-refractivity contribution in [1.29, 1.82) is 0 Å². The molecule has 3 atom stereocenters. The van der Waals surface area contributed by atoms with Gasteiger partial charge in [-0.05, 0) is 63.4 Å². The number of hydrogen-bond acceptors (Lipinski definition) is 2. The Morgan fingerprint density at radius 1 is 1.29 bits per heavy atom. The second-order valence-electron chi connectivity index (χ2n) is 7.29. The van der Waals surface area contributed by atoms with Gasteiger partial charge in [0.05, 0.1) is 6.10 Å². The molecule has 0 heterocycles. The van der Waals surface area contributed by atoms with Gasteiger partial charge in [0.1, 0.15) is 0 Å². The van der Waals surface area contributed by atoms with Crippen LogP contribution < -0.4 is 0 Å². The summed E-state index contributed by atoms with van der Waals surface area (Å²) in [5.74, 6) is 0.703. The van der Waals surface area contributed by atoms with Crippen LogP contribution in [-0.4, -0.2) is 35.7 Å². The van der Waals surface area contributed by atoms with Gasteiger partial charge in [0, 0.05) is 12.0 Å². The minimum atomic E-state index is -0.296. The van der Waals surface area contributed by atoms with Crippen LogP contribution in [0.2, 0.25) is 0 Å². The predicted octanol–water partition coefficient (Wildman–Crippen LogP) is 3.72. The van der Waals surface area contributed by atoms with Gasteiger partial charge in [-0.1, -0.05) is 38.0 Å². The molecule has 0 spiro atoms. The summed E-state index contributed by atoms with van der Waals surface area (Å²) in [7, 11) is 4.26. The van der Waals surface area contributed by atoms with Crippen molar-refractivity contribution in [2.75, 3.05) is 14.1 Å². The van der Waals surface area contributed by atoms with Gasteiger partial charge in [-0.2, -0.15) is 0 Å². The molecule has 1 saturated carbocycles. The summed E-state index contributed by atoms with van der Waals surface area (Å²) < 4.78 is 0. The molecular weight excluding hydrogens is 258 g/mol. The first-order chi connectivity index (χ1) is 9.86. The maximum atomic E-state index is 11.1. The molecule has 0 aromatic heterocycles. The van der Waals surface area contributed by atoms with Crippen molar-refractivity contribution in [1.82, 2.24) is 4.90 Å². The molecule has 1 aliphatic carbocycles. The van der Waals surface area contributed by atoms with E-state index in [-0.39, 0.29) is 11.6 Å². The van der Waals surface area contributed by atoms with Gasteiger partial charge < -0.3 is 10.0 Å². The normalized spacial score (nSPS) is 27.9. The topological polar surface area (TPSA) is 23.5 Å². The van der Waals surface area contributed by atoms with Crippen LogP contribution in [0, 0.1) is 19.8 Å². The standard InChI is InChI=1S/C19H31NO/c1-14-8-7-11-19(13-14,20(4)5)18(21)12-17-15(2)9-6-10-16(17)3/h6,9-10,14,18,21H,7-8,11-13H2,1-5H3. The Hall–Kier alpha value is -0.860. The maximum Gasteiger partial charge on any atom is 0.0764 e. The zero-order valence-corrected chi connectivity index (χ0v) is 14.3. The average Bonchev–Trinajstić information content (AvgIpc) is 2.42. The third kappa shape index (κ3) is 3.32. The fourth-order valence-electron chi connectivity index (χ4n) is 4.13. The lowest BCUT2D eigenvalue weighted by Gasteiger charge is -2.48. The molecule has 1 aromatic rings. The lowest BCUT2D eigenvalue weighted by molar-refractivity contribution is -0.0425. The molecule has 2 nitrogen and oxygen atoms in total. The zero-order valence-electron chi connectivity index (χ0n) is 14.3. The van der Waals surface area contributed by atoms with Gasteiger partial charge in [-0.3, -0.25) is 0 Å². The third-order valence-electron chi connectivity index (χ3n) is 5.56. The van der Waals surface area contributed by atoms with Gasteiger partial charge in [-0.15, -0.1) is 0 Å². The predicted molar refractivity (Wildman–Crippen MR) is 89.7 cm³/mol. The van der Waals surface area contributed by atoms with Crippen molar-refractivity contribution in [2.24, 2.45) is 5.92 Å². The van der Waals surface area contributed by atoms with Crippen molar-refractivity contribution in [3.63, 3.8) is 0 Å². The zero-order chi connectivity index (χ0) is 15.6. The van der Waals surface area contributed by atoms with E-state index in [2.05, 4.69) is 58.0 Å². The molecule has 2 heteroatoms. The van der Waals surface area contributed by atoms with Crippen LogP contribution >= 0.6 is 0 Å². The molecule has 0 amide bonds. The number of aryl methyl sites for hydroxylation is 2. The van der Waals surface area contributed by atoms with Gasteiger partial charge in [0.2, 0.25) is 0 Å². The van der Waals surface area contributed by atoms with E-state index in [1.54, 1.807) is 0 Å². The van der Waals surface area contributed by atoms with E-state index >= 15 is 0 Å². The van der Waals surface area contributed by atoms with Crippen molar-refractivity contribution < 1.29 is 5.11 Å². The summed E-state index contributed by atoms with van der Waals surface area (Å²) in [5.41, 5.74) is 3.86. The van der Waals surface area contributed by atoms with E-state index in [1.165, 1.54) is 29.5 Å². The van der Waals surface area contributed by atoms with Crippen molar-refractivity contribution in [2.45, 2.75) is 64.5 Å². The first kappa shape index (κ1) is 16.5. The summed E-state index contributed by atoms with van der Waals surface area (Å²) in [6.45, 7) is 6.63. The van der Waals surface area contributed by atoms with Crippen molar-refractivity contribution in [3.05, 3.63) is 34.9 Å². The third-order valence-corrected chi connectivity index (χ3v) is 5.56. The highest BCUT2D eigenvalue weighted by Crippen LogP contribution is 2.39. The molecule has 0 radical (unpaired) electrons. The fraction of sp³-hybridized carbons (Fsp3) is 0.684. The molecular formula is C19H31NO. The van der Waals surface area contributed by atoms with Gasteiger partial charge in [-0.25, -0.2) is 0 Å². The Kier molecular flexibility index (Phi) is 5.11. The summed E-state index contributed by atoms with van der Waals surface area (Å²) in [5, 5.41) is 11.1. The fourth-order valence-corrected chi connectivity index (χ4v) is 4.13. The van der Waals surface area contributed by atoms with Crippen LogP contribution in [-0.2, 0) is 6.42 Å². The molecule has 2 rings (SSSR count). The molecule has 1 aliphatic rings. The van der Waals surface area contributed by atoms with Gasteiger partial charge in [0.15, 0.2) is 0 Å². The molecule has 0 bridgehead atoms. The minimum Gasteiger partial charge on any atom is -0.391 e. The molecule has 3 unspecified atom stereocenters. The largest absolute Gasteiger partial charge is 0.391 e. The number of aliphatic hydroxyl groups excluding tert-OH is 1. The second kappa shape index (κ2) is 6.50. The SMILES string of the molecule is Cc1cccc(C)c1CC(O)C1(N(C)C)CCCC(C)C1. The summed E-state index contributed by atoms with van der Waals surface area (Å²) >= 11 is 0. The molecule has 0 aliphatic heterocycles. The van der Waals surface area contributed by atoms with E-state index in [4.69, 9.17) is 0 Å². The lowest BCUT2D eigenvalue weighted by atomic mass is 9.71. The summed E-state index contributed by atoms with van der Waals surface area (Å²) in [4.78, 5) is 2.28. The van der Waals surface area contributed by atoms with E-state index in [1.807, 2.05) is 0 Å². The number of likely N-dealkylation sites (N-methyl/N-ethyl adjacent to an activating group) is 1. The Balaban J connectivity index is 2.25. The molecule has 0 saturated heterocycles. The number of nitrogens with zero attached hydrogens (tertiary/aromatic N) is 1. The number of benzene rings is 1. The number of hydrogen-bond donors (Lipinski definition) is 1. The Morgan fingerprint density at radius 3 is 2.43 bits per heavy atom. The first-order valence-corrected chi connectivity index (χ1v) is 8.27. The van der Waals surface area contributed by atoms with Crippen LogP contribution in [0.4, 0.5) is 0 Å². The molecule has 1 N–H and O–H groups in total. The summed E-state index contributed by atoms with van der Waals surface area (Å²) in [6, 6.07) is 6.41. The first-order valence-electron chi connectivity index (χ1n) is 8.27. The number of aliphatic hydroxyl groups is 1. The van der Waals surface area contributed by atoms with Gasteiger partial charge in [0.25, 0.3) is 0 Å². The van der Waals surface area contributed by atoms with Gasteiger partial charge >= 0.3 is 0 Å². The van der Waals surface area contributed by atoms with E-state index < -0.39 is 0 Å². The molecule has 21 heavy (non-hydrogen) atoms. The quantitative estimate of drug-likeness (QED) is 0.913. The second-order valence-corrected chi connectivity index (χ2v) is 7.29. The van der Waals surface area contributed by atoms with E-state index in [0.29, 0.717) is 5.92 Å². The molecule has 1 aromatic carbocycles. The smallest absolute Gasteiger partial charge is 0.0764 e. The van der Waals surface area contributed by atoms with Crippen LogP contribution in [0.25, 0.3) is 0 Å². The van der Waals surface area contributed by atoms with Crippen LogP contribution in [0.15, 0.2) is 18.2 Å².